The quantitative estimate of drug-likeness (QED) is 0.237. The normalized spacial score (nSPS) is 39.6. The Morgan fingerprint density at radius 3 is 2.25 bits per heavy atom. The Balaban J connectivity index is 0.00000549. The van der Waals surface area contributed by atoms with Crippen molar-refractivity contribution >= 4 is 21.4 Å². The van der Waals surface area contributed by atoms with E-state index in [0.29, 0.717) is 65.8 Å². The van der Waals surface area contributed by atoms with Crippen LogP contribution in [-0.4, -0.2) is 107 Å². The Kier molecular flexibility index (Phi) is 11.9. The highest BCUT2D eigenvalue weighted by atomic mass is 32.2. The molecule has 2 saturated heterocycles. The minimum Gasteiger partial charge on any atom is -0.465 e. The lowest BCUT2D eigenvalue weighted by atomic mass is 9.32. The number of morpholine rings is 1. The maximum atomic E-state index is 12.2. The van der Waals surface area contributed by atoms with E-state index in [1.54, 1.807) is 0 Å². The van der Waals surface area contributed by atoms with Crippen LogP contribution in [0.5, 0.6) is 0 Å². The van der Waals surface area contributed by atoms with Crippen LogP contribution in [-0.2, 0) is 19.3 Å². The van der Waals surface area contributed by atoms with Gasteiger partial charge >= 0.3 is 5.97 Å². The number of carbonyl (C=O) groups is 1. The molecular formula is C47H77N3O5S. The number of fused-ring (bicyclic) bond motifs is 5. The molecule has 1 unspecified atom stereocenters. The van der Waals surface area contributed by atoms with Gasteiger partial charge in [-0.05, 0) is 133 Å². The molecule has 0 amide bonds. The standard InChI is InChI=1S/C47H75N3O5S.H2/c1-10-47(48-23-24-49-27-31-56(52,53)32-28-49)22-21-45(7)38(41(47)33(2)34(3)50-25-29-55-30-26-50)15-16-40-44(6)19-17-37(35-11-13-36(14-12-35)42(51)54-9)43(4,5)39(44)18-20-46(40,45)8;/h11-14,17,33-34,38-41,48H,10,15-16,18-32H2,1-9H3;1H/t33-,34?,38+,39-,40+,41+,44-,45+,46+,47-;/m0./s1. The molecule has 1 N–H and O–H groups in total. The van der Waals surface area contributed by atoms with Gasteiger partial charge in [0, 0.05) is 52.3 Å². The summed E-state index contributed by atoms with van der Waals surface area (Å²) in [5, 5.41) is 4.31. The van der Waals surface area contributed by atoms with Crippen molar-refractivity contribution in [3.05, 3.63) is 41.5 Å². The molecule has 5 fully saturated rings. The van der Waals surface area contributed by atoms with Crippen LogP contribution in [0.15, 0.2) is 30.3 Å². The number of hydrogen-bond acceptors (Lipinski definition) is 8. The third-order valence-electron chi connectivity index (χ3n) is 18.2. The van der Waals surface area contributed by atoms with Crippen molar-refractivity contribution in [3.8, 4) is 0 Å². The SMILES string of the molecule is CC[C@]1(NCCN2CCS(=O)(=O)CC2)CC[C@]2(C)[C@H](CC[C@@H]3[C@@]4(C)CC=C(c5ccc(C(=O)OC)cc5)C(C)(C)[C@@H]4CC[C@]32C)[C@H]1[C@@H](C)C(C)N1CCOCC1.[HH]. The zero-order valence-electron chi connectivity index (χ0n) is 36.4. The average Bonchev–Trinajstić information content (AvgIpc) is 3.18. The predicted molar refractivity (Wildman–Crippen MR) is 229 cm³/mol. The summed E-state index contributed by atoms with van der Waals surface area (Å²) in [4.78, 5) is 17.3. The molecule has 1 aromatic rings. The number of methoxy groups -OCH3 is 1. The summed E-state index contributed by atoms with van der Waals surface area (Å²) in [6, 6.07) is 8.60. The smallest absolute Gasteiger partial charge is 0.337 e. The molecule has 1 aromatic carbocycles. The topological polar surface area (TPSA) is 88.2 Å². The van der Waals surface area contributed by atoms with E-state index in [-0.39, 0.29) is 34.6 Å². The number of rotatable bonds is 10. The van der Waals surface area contributed by atoms with Gasteiger partial charge in [0.25, 0.3) is 0 Å². The number of nitrogens with zero attached hydrogens (tertiary/aromatic N) is 2. The summed E-state index contributed by atoms with van der Waals surface area (Å²) < 4.78 is 35.2. The summed E-state index contributed by atoms with van der Waals surface area (Å²) in [7, 11) is -1.44. The minimum absolute atomic E-state index is 0. The molecule has 2 aliphatic heterocycles. The molecule has 56 heavy (non-hydrogen) atoms. The van der Waals surface area contributed by atoms with Gasteiger partial charge in [0.1, 0.15) is 0 Å². The van der Waals surface area contributed by atoms with Crippen molar-refractivity contribution in [2.75, 3.05) is 71.1 Å². The minimum atomic E-state index is -2.89. The molecule has 7 rings (SSSR count). The number of nitrogens with one attached hydrogen (secondary N) is 1. The largest absolute Gasteiger partial charge is 0.465 e. The Morgan fingerprint density at radius 1 is 0.929 bits per heavy atom. The fourth-order valence-corrected chi connectivity index (χ4v) is 16.0. The molecule has 0 radical (unpaired) electrons. The Morgan fingerprint density at radius 2 is 1.61 bits per heavy atom. The zero-order chi connectivity index (χ0) is 40.3. The van der Waals surface area contributed by atoms with E-state index in [2.05, 4.69) is 88.7 Å². The number of benzene rings is 1. The summed E-state index contributed by atoms with van der Waals surface area (Å²) >= 11 is 0. The van der Waals surface area contributed by atoms with Crippen LogP contribution in [0.3, 0.4) is 0 Å². The number of ether oxygens (including phenoxy) is 2. The molecule has 0 spiro atoms. The highest BCUT2D eigenvalue weighted by Gasteiger charge is 2.69. The molecule has 316 valence electrons. The third kappa shape index (κ3) is 7.07. The van der Waals surface area contributed by atoms with Crippen molar-refractivity contribution < 1.29 is 24.1 Å². The van der Waals surface area contributed by atoms with Crippen LogP contribution >= 0.6 is 0 Å². The van der Waals surface area contributed by atoms with Gasteiger partial charge in [-0.25, -0.2) is 13.2 Å². The number of esters is 1. The van der Waals surface area contributed by atoms with Crippen LogP contribution in [0.1, 0.15) is 124 Å². The second-order valence-corrected chi connectivity index (χ2v) is 22.8. The average molecular weight is 796 g/mol. The first-order chi connectivity index (χ1) is 26.5. The van der Waals surface area contributed by atoms with Gasteiger partial charge in [-0.2, -0.15) is 0 Å². The first-order valence-electron chi connectivity index (χ1n) is 22.4. The van der Waals surface area contributed by atoms with Crippen molar-refractivity contribution in [3.63, 3.8) is 0 Å². The molecule has 4 aliphatic carbocycles. The highest BCUT2D eigenvalue weighted by Crippen LogP contribution is 2.76. The lowest BCUT2D eigenvalue weighted by molar-refractivity contribution is -0.227. The number of carbonyl (C=O) groups excluding carboxylic acids is 1. The third-order valence-corrected chi connectivity index (χ3v) is 19.8. The maximum absolute atomic E-state index is 12.2. The predicted octanol–water partition coefficient (Wildman–Crippen LogP) is 8.22. The number of allylic oxidation sites excluding steroid dienone is 2. The molecule has 10 atom stereocenters. The van der Waals surface area contributed by atoms with Crippen LogP contribution in [0.2, 0.25) is 0 Å². The number of hydrogen-bond donors (Lipinski definition) is 1. The summed E-state index contributed by atoms with van der Waals surface area (Å²) in [5.74, 6) is 3.28. The van der Waals surface area contributed by atoms with E-state index in [1.807, 2.05) is 12.1 Å². The summed E-state index contributed by atoms with van der Waals surface area (Å²) in [6.45, 7) is 27.6. The second kappa shape index (κ2) is 15.7. The van der Waals surface area contributed by atoms with E-state index in [1.165, 1.54) is 56.8 Å². The molecule has 9 heteroatoms. The van der Waals surface area contributed by atoms with Gasteiger partial charge in [0.2, 0.25) is 0 Å². The van der Waals surface area contributed by atoms with Crippen LogP contribution < -0.4 is 5.32 Å². The Bertz CT molecular complexity index is 1720. The van der Waals surface area contributed by atoms with Crippen molar-refractivity contribution in [2.24, 2.45) is 51.2 Å². The van der Waals surface area contributed by atoms with Crippen LogP contribution in [0.25, 0.3) is 5.57 Å². The van der Waals surface area contributed by atoms with Crippen LogP contribution in [0, 0.1) is 51.2 Å². The molecule has 3 saturated carbocycles. The van der Waals surface area contributed by atoms with E-state index < -0.39 is 9.84 Å². The summed E-state index contributed by atoms with van der Waals surface area (Å²) in [6.07, 6.45) is 12.4. The van der Waals surface area contributed by atoms with Gasteiger partial charge in [-0.15, -0.1) is 0 Å². The van der Waals surface area contributed by atoms with Gasteiger partial charge in [0.15, 0.2) is 9.84 Å². The fraction of sp³-hybridized carbons (Fsp3) is 0.809. The lowest BCUT2D eigenvalue weighted by Gasteiger charge is -2.73. The molecular weight excluding hydrogens is 719 g/mol. The maximum Gasteiger partial charge on any atom is 0.337 e. The second-order valence-electron chi connectivity index (χ2n) is 20.5. The van der Waals surface area contributed by atoms with Gasteiger partial charge in [-0.1, -0.05) is 66.7 Å². The monoisotopic (exact) mass is 796 g/mol. The lowest BCUT2D eigenvalue weighted by Crippen LogP contribution is -2.70. The van der Waals surface area contributed by atoms with Crippen molar-refractivity contribution in [1.82, 2.24) is 15.1 Å². The first kappa shape index (κ1) is 42.3. The van der Waals surface area contributed by atoms with Gasteiger partial charge < -0.3 is 19.7 Å². The molecule has 0 bridgehead atoms. The van der Waals surface area contributed by atoms with Gasteiger partial charge in [-0.3, -0.25) is 4.90 Å². The van der Waals surface area contributed by atoms with Crippen LogP contribution in [0.4, 0.5) is 0 Å². The fourth-order valence-electron chi connectivity index (χ4n) is 14.7. The van der Waals surface area contributed by atoms with Crippen molar-refractivity contribution in [1.29, 1.82) is 0 Å². The van der Waals surface area contributed by atoms with Gasteiger partial charge in [0.05, 0.1) is 37.4 Å². The first-order valence-corrected chi connectivity index (χ1v) is 24.2. The van der Waals surface area contributed by atoms with E-state index in [9.17, 15) is 13.2 Å². The number of sulfone groups is 1. The Hall–Kier alpha value is -1.78. The Labute approximate surface area is 341 Å². The summed E-state index contributed by atoms with van der Waals surface area (Å²) in [5.41, 5.74) is 4.09. The molecule has 2 heterocycles. The molecule has 0 aromatic heterocycles. The zero-order valence-corrected chi connectivity index (χ0v) is 37.2. The highest BCUT2D eigenvalue weighted by molar-refractivity contribution is 7.91. The molecule has 6 aliphatic rings. The molecule has 8 nitrogen and oxygen atoms in total. The van der Waals surface area contributed by atoms with E-state index in [0.717, 1.165) is 52.2 Å². The van der Waals surface area contributed by atoms with E-state index >= 15 is 0 Å². The van der Waals surface area contributed by atoms with Crippen molar-refractivity contribution in [2.45, 2.75) is 118 Å². The van der Waals surface area contributed by atoms with E-state index in [4.69, 9.17) is 9.47 Å².